The van der Waals surface area contributed by atoms with Crippen LogP contribution in [0, 0.1) is 11.3 Å². The van der Waals surface area contributed by atoms with Gasteiger partial charge in [-0.3, -0.25) is 9.59 Å². The zero-order valence-corrected chi connectivity index (χ0v) is 17.5. The highest BCUT2D eigenvalue weighted by Gasteiger charge is 2.67. The summed E-state index contributed by atoms with van der Waals surface area (Å²) in [7, 11) is 1.87. The van der Waals surface area contributed by atoms with Crippen molar-refractivity contribution in [3.63, 3.8) is 0 Å². The molecule has 4 N–H and O–H groups in total. The van der Waals surface area contributed by atoms with Gasteiger partial charge in [-0.25, -0.2) is 0 Å². The standard InChI is InChI=1S/C22H32N4O2/c1-13(23)16-10-21(14-8-6-7-9-15(14)25-18(21)27)12-26(16)19(28)22(24-5)11-17(22)20(2,3)4/h6-9,13,16-17,24H,10-12,23H2,1-5H3,(H,25,27)/t13?,16-,17?,21-,22+/m0/s1. The number of carbonyl (C=O) groups is 2. The lowest BCUT2D eigenvalue weighted by Gasteiger charge is -2.33. The van der Waals surface area contributed by atoms with E-state index in [4.69, 9.17) is 5.73 Å². The van der Waals surface area contributed by atoms with Crippen molar-refractivity contribution in [1.82, 2.24) is 10.2 Å². The molecule has 152 valence electrons. The molecule has 28 heavy (non-hydrogen) atoms. The number of rotatable bonds is 3. The van der Waals surface area contributed by atoms with Crippen molar-refractivity contribution in [2.45, 2.75) is 63.6 Å². The monoisotopic (exact) mass is 384 g/mol. The van der Waals surface area contributed by atoms with Crippen LogP contribution in [0.2, 0.25) is 0 Å². The fourth-order valence-corrected chi connectivity index (χ4v) is 5.55. The van der Waals surface area contributed by atoms with Crippen molar-refractivity contribution in [1.29, 1.82) is 0 Å². The highest BCUT2D eigenvalue weighted by Crippen LogP contribution is 2.56. The summed E-state index contributed by atoms with van der Waals surface area (Å²) in [5, 5.41) is 6.34. The quantitative estimate of drug-likeness (QED) is 0.742. The Kier molecular flexibility index (Phi) is 4.18. The Morgan fingerprint density at radius 1 is 1.32 bits per heavy atom. The fraction of sp³-hybridized carbons (Fsp3) is 0.636. The van der Waals surface area contributed by atoms with Gasteiger partial charge in [0.15, 0.2) is 0 Å². The van der Waals surface area contributed by atoms with E-state index in [1.807, 2.05) is 43.1 Å². The zero-order valence-electron chi connectivity index (χ0n) is 17.5. The van der Waals surface area contributed by atoms with Gasteiger partial charge in [0.1, 0.15) is 5.54 Å². The van der Waals surface area contributed by atoms with Crippen LogP contribution >= 0.6 is 0 Å². The molecule has 2 fully saturated rings. The van der Waals surface area contributed by atoms with Crippen LogP contribution in [0.4, 0.5) is 5.69 Å². The first kappa shape index (κ1) is 19.4. The highest BCUT2D eigenvalue weighted by molar-refractivity contribution is 6.07. The third-order valence-electron chi connectivity index (χ3n) is 7.23. The first-order valence-corrected chi connectivity index (χ1v) is 10.2. The highest BCUT2D eigenvalue weighted by atomic mass is 16.2. The van der Waals surface area contributed by atoms with Crippen molar-refractivity contribution in [3.05, 3.63) is 29.8 Å². The van der Waals surface area contributed by atoms with E-state index in [9.17, 15) is 9.59 Å². The SMILES string of the molecule is CN[C@]1(C(=O)N2C[C@]3(C[C@H]2C(C)N)C(=O)Nc2ccccc23)CC1C(C)(C)C. The number of nitrogens with one attached hydrogen (secondary N) is 2. The number of anilines is 1. The Hall–Kier alpha value is -1.92. The number of benzene rings is 1. The molecule has 1 saturated heterocycles. The van der Waals surface area contributed by atoms with Gasteiger partial charge in [-0.05, 0) is 49.8 Å². The van der Waals surface area contributed by atoms with E-state index in [1.54, 1.807) is 0 Å². The van der Waals surface area contributed by atoms with Gasteiger partial charge in [-0.1, -0.05) is 39.0 Å². The number of amides is 2. The maximum atomic E-state index is 13.8. The van der Waals surface area contributed by atoms with Gasteiger partial charge in [0.05, 0.1) is 5.41 Å². The Labute approximate surface area is 167 Å². The molecule has 2 aliphatic heterocycles. The summed E-state index contributed by atoms with van der Waals surface area (Å²) in [5.74, 6) is 0.343. The smallest absolute Gasteiger partial charge is 0.243 e. The molecule has 4 rings (SSSR count). The number of carbonyl (C=O) groups excluding carboxylic acids is 2. The van der Waals surface area contributed by atoms with Crippen LogP contribution in [0.25, 0.3) is 0 Å². The maximum Gasteiger partial charge on any atom is 0.243 e. The van der Waals surface area contributed by atoms with Crippen molar-refractivity contribution >= 4 is 17.5 Å². The Bertz CT molecular complexity index is 830. The normalized spacial score (nSPS) is 35.1. The molecule has 3 aliphatic rings. The first-order chi connectivity index (χ1) is 13.1. The van der Waals surface area contributed by atoms with Gasteiger partial charge in [0.25, 0.3) is 0 Å². The number of hydrogen-bond acceptors (Lipinski definition) is 4. The van der Waals surface area contributed by atoms with Gasteiger partial charge in [0, 0.05) is 24.3 Å². The topological polar surface area (TPSA) is 87.5 Å². The van der Waals surface area contributed by atoms with E-state index in [0.29, 0.717) is 13.0 Å². The molecule has 2 amide bonds. The third-order valence-corrected chi connectivity index (χ3v) is 7.23. The second kappa shape index (κ2) is 6.04. The van der Waals surface area contributed by atoms with Gasteiger partial charge in [-0.2, -0.15) is 0 Å². The summed E-state index contributed by atoms with van der Waals surface area (Å²) < 4.78 is 0. The second-order valence-electron chi connectivity index (χ2n) is 9.99. The Morgan fingerprint density at radius 2 is 2.00 bits per heavy atom. The minimum Gasteiger partial charge on any atom is -0.335 e. The summed E-state index contributed by atoms with van der Waals surface area (Å²) in [6, 6.07) is 7.45. The molecule has 1 aromatic carbocycles. The van der Waals surface area contributed by atoms with Crippen LogP contribution < -0.4 is 16.4 Å². The Morgan fingerprint density at radius 3 is 2.57 bits per heavy atom. The maximum absolute atomic E-state index is 13.8. The fourth-order valence-electron chi connectivity index (χ4n) is 5.55. The van der Waals surface area contributed by atoms with Crippen LogP contribution in [-0.4, -0.2) is 47.9 Å². The second-order valence-corrected chi connectivity index (χ2v) is 9.99. The molecule has 1 aromatic rings. The number of likely N-dealkylation sites (N-methyl/N-ethyl adjacent to an activating group) is 1. The van der Waals surface area contributed by atoms with Gasteiger partial charge in [-0.15, -0.1) is 0 Å². The van der Waals surface area contributed by atoms with Gasteiger partial charge >= 0.3 is 0 Å². The van der Waals surface area contributed by atoms with Crippen molar-refractivity contribution in [2.24, 2.45) is 17.1 Å². The number of hydrogen-bond donors (Lipinski definition) is 3. The molecule has 5 atom stereocenters. The summed E-state index contributed by atoms with van der Waals surface area (Å²) in [6.45, 7) is 8.86. The molecular formula is C22H32N4O2. The molecule has 0 bridgehead atoms. The van der Waals surface area contributed by atoms with Crippen LogP contribution in [-0.2, 0) is 15.0 Å². The van der Waals surface area contributed by atoms with E-state index in [1.165, 1.54) is 0 Å². The molecular weight excluding hydrogens is 352 g/mol. The van der Waals surface area contributed by atoms with Crippen LogP contribution in [0.15, 0.2) is 24.3 Å². The molecule has 2 heterocycles. The van der Waals surface area contributed by atoms with Crippen LogP contribution in [0.3, 0.4) is 0 Å². The molecule has 1 aliphatic carbocycles. The van der Waals surface area contributed by atoms with Crippen molar-refractivity contribution < 1.29 is 9.59 Å². The number of nitrogens with two attached hydrogens (primary N) is 1. The number of nitrogens with zero attached hydrogens (tertiary/aromatic N) is 1. The van der Waals surface area contributed by atoms with Gasteiger partial charge in [0.2, 0.25) is 11.8 Å². The number of para-hydroxylation sites is 1. The van der Waals surface area contributed by atoms with E-state index >= 15 is 0 Å². The van der Waals surface area contributed by atoms with Gasteiger partial charge < -0.3 is 21.3 Å². The molecule has 2 unspecified atom stereocenters. The predicted molar refractivity (Wildman–Crippen MR) is 110 cm³/mol. The summed E-state index contributed by atoms with van der Waals surface area (Å²) in [4.78, 5) is 28.7. The van der Waals surface area contributed by atoms with E-state index < -0.39 is 11.0 Å². The number of fused-ring (bicyclic) bond motifs is 2. The lowest BCUT2D eigenvalue weighted by atomic mass is 9.79. The molecule has 1 saturated carbocycles. The van der Waals surface area contributed by atoms with Crippen molar-refractivity contribution in [2.75, 3.05) is 18.9 Å². The molecule has 0 radical (unpaired) electrons. The molecule has 6 heteroatoms. The lowest BCUT2D eigenvalue weighted by Crippen LogP contribution is -2.55. The molecule has 1 spiro atoms. The zero-order chi connectivity index (χ0) is 20.5. The summed E-state index contributed by atoms with van der Waals surface area (Å²) >= 11 is 0. The van der Waals surface area contributed by atoms with Crippen LogP contribution in [0.1, 0.15) is 46.1 Å². The molecule has 6 nitrogen and oxygen atoms in total. The minimum absolute atomic E-state index is 0.0173. The minimum atomic E-state index is -0.703. The Balaban J connectivity index is 1.71. The summed E-state index contributed by atoms with van der Waals surface area (Å²) in [6.07, 6.45) is 1.39. The largest absolute Gasteiger partial charge is 0.335 e. The number of likely N-dealkylation sites (tertiary alicyclic amines) is 1. The van der Waals surface area contributed by atoms with E-state index in [2.05, 4.69) is 31.4 Å². The average Bonchev–Trinajstić information content (AvgIpc) is 3.18. The van der Waals surface area contributed by atoms with E-state index in [0.717, 1.165) is 17.7 Å². The van der Waals surface area contributed by atoms with E-state index in [-0.39, 0.29) is 35.2 Å². The average molecular weight is 385 g/mol. The molecule has 0 aromatic heterocycles. The van der Waals surface area contributed by atoms with Crippen molar-refractivity contribution in [3.8, 4) is 0 Å². The van der Waals surface area contributed by atoms with Crippen LogP contribution in [0.5, 0.6) is 0 Å². The first-order valence-electron chi connectivity index (χ1n) is 10.2. The third kappa shape index (κ3) is 2.54. The predicted octanol–water partition coefficient (Wildman–Crippen LogP) is 1.85. The summed E-state index contributed by atoms with van der Waals surface area (Å²) in [5.41, 5.74) is 6.95. The lowest BCUT2D eigenvalue weighted by molar-refractivity contribution is -0.136.